The van der Waals surface area contributed by atoms with Crippen LogP contribution in [0.1, 0.15) is 40.5 Å². The predicted octanol–water partition coefficient (Wildman–Crippen LogP) is 1.76. The second kappa shape index (κ2) is 6.37. The van der Waals surface area contributed by atoms with E-state index in [0.29, 0.717) is 6.54 Å². The number of rotatable bonds is 5. The molecule has 0 aromatic heterocycles. The van der Waals surface area contributed by atoms with E-state index in [-0.39, 0.29) is 18.6 Å². The van der Waals surface area contributed by atoms with Crippen LogP contribution < -0.4 is 0 Å². The molecule has 1 aliphatic heterocycles. The third-order valence-corrected chi connectivity index (χ3v) is 3.29. The van der Waals surface area contributed by atoms with E-state index in [2.05, 4.69) is 0 Å². The molecule has 1 amide bonds. The Bertz CT molecular complexity index is 329. The van der Waals surface area contributed by atoms with Gasteiger partial charge in [0.15, 0.2) is 0 Å². The molecule has 0 aromatic rings. The Kier molecular flexibility index (Phi) is 5.35. The van der Waals surface area contributed by atoms with E-state index in [1.54, 1.807) is 11.8 Å². The zero-order chi connectivity index (χ0) is 14.6. The summed E-state index contributed by atoms with van der Waals surface area (Å²) in [5.74, 6) is -1.46. The van der Waals surface area contributed by atoms with Crippen LogP contribution >= 0.6 is 0 Å². The van der Waals surface area contributed by atoms with Gasteiger partial charge in [-0.2, -0.15) is 0 Å². The molecule has 1 heterocycles. The van der Waals surface area contributed by atoms with Crippen LogP contribution in [0.25, 0.3) is 0 Å². The highest BCUT2D eigenvalue weighted by Crippen LogP contribution is 2.21. The van der Waals surface area contributed by atoms with Crippen LogP contribution in [0.15, 0.2) is 0 Å². The van der Waals surface area contributed by atoms with E-state index in [1.807, 2.05) is 20.8 Å². The van der Waals surface area contributed by atoms with Gasteiger partial charge in [-0.15, -0.1) is 0 Å². The molecule has 1 aliphatic rings. The normalized spacial score (nSPS) is 21.2. The van der Waals surface area contributed by atoms with Crippen molar-refractivity contribution in [1.29, 1.82) is 0 Å². The number of nitrogens with zero attached hydrogens (tertiary/aromatic N) is 1. The van der Waals surface area contributed by atoms with Crippen molar-refractivity contribution >= 4 is 11.9 Å². The fourth-order valence-corrected chi connectivity index (χ4v) is 2.16. The van der Waals surface area contributed by atoms with Crippen LogP contribution in [0.5, 0.6) is 0 Å². The van der Waals surface area contributed by atoms with Crippen molar-refractivity contribution < 1.29 is 19.4 Å². The van der Waals surface area contributed by atoms with Crippen LogP contribution in [0.4, 0.5) is 0 Å². The summed E-state index contributed by atoms with van der Waals surface area (Å²) in [6.45, 7) is 8.65. The molecule has 5 heteroatoms. The number of carbonyl (C=O) groups is 2. The minimum Gasteiger partial charge on any atom is -0.481 e. The third-order valence-electron chi connectivity index (χ3n) is 3.29. The van der Waals surface area contributed by atoms with Crippen molar-refractivity contribution in [2.75, 3.05) is 19.7 Å². The van der Waals surface area contributed by atoms with Crippen molar-refractivity contribution in [1.82, 2.24) is 4.90 Å². The van der Waals surface area contributed by atoms with Gasteiger partial charge in [0.05, 0.1) is 12.0 Å². The Balaban J connectivity index is 2.71. The maximum absolute atomic E-state index is 12.4. The lowest BCUT2D eigenvalue weighted by molar-refractivity contribution is -0.146. The summed E-state index contributed by atoms with van der Waals surface area (Å²) in [4.78, 5) is 25.0. The second-order valence-electron chi connectivity index (χ2n) is 6.33. The number of hydrogen-bond donors (Lipinski definition) is 1. The third kappa shape index (κ3) is 4.82. The van der Waals surface area contributed by atoms with Crippen molar-refractivity contribution in [3.63, 3.8) is 0 Å². The first-order valence-corrected chi connectivity index (χ1v) is 6.85. The van der Waals surface area contributed by atoms with E-state index < -0.39 is 17.3 Å². The lowest BCUT2D eigenvalue weighted by Crippen LogP contribution is -2.46. The van der Waals surface area contributed by atoms with Crippen LogP contribution in [-0.4, -0.2) is 47.7 Å². The summed E-state index contributed by atoms with van der Waals surface area (Å²) in [6, 6.07) is 0. The minimum absolute atomic E-state index is 0.0175. The summed E-state index contributed by atoms with van der Waals surface area (Å²) < 4.78 is 5.55. The fourth-order valence-electron chi connectivity index (χ4n) is 2.16. The van der Waals surface area contributed by atoms with Crippen LogP contribution in [0.3, 0.4) is 0 Å². The lowest BCUT2D eigenvalue weighted by atomic mass is 9.94. The maximum Gasteiger partial charge on any atom is 0.308 e. The number of carboxylic acid groups (broad SMARTS) is 1. The summed E-state index contributed by atoms with van der Waals surface area (Å²) in [7, 11) is 0. The Morgan fingerprint density at radius 1 is 1.42 bits per heavy atom. The number of carbonyl (C=O) groups excluding carboxylic acids is 1. The van der Waals surface area contributed by atoms with Crippen molar-refractivity contribution in [3.05, 3.63) is 0 Å². The monoisotopic (exact) mass is 271 g/mol. The van der Waals surface area contributed by atoms with Gasteiger partial charge in [-0.05, 0) is 12.8 Å². The molecule has 19 heavy (non-hydrogen) atoms. The smallest absolute Gasteiger partial charge is 0.308 e. The zero-order valence-electron chi connectivity index (χ0n) is 12.3. The average Bonchev–Trinajstić information content (AvgIpc) is 2.78. The second-order valence-corrected chi connectivity index (χ2v) is 6.33. The van der Waals surface area contributed by atoms with Gasteiger partial charge in [0, 0.05) is 25.1 Å². The first kappa shape index (κ1) is 16.0. The van der Waals surface area contributed by atoms with E-state index in [0.717, 1.165) is 19.4 Å². The van der Waals surface area contributed by atoms with Gasteiger partial charge in [0.25, 0.3) is 0 Å². The molecular weight excluding hydrogens is 246 g/mol. The first-order chi connectivity index (χ1) is 8.71. The molecule has 0 bridgehead atoms. The van der Waals surface area contributed by atoms with Gasteiger partial charge in [-0.25, -0.2) is 0 Å². The Hall–Kier alpha value is -1.10. The summed E-state index contributed by atoms with van der Waals surface area (Å²) in [5, 5.41) is 9.01. The molecule has 1 saturated heterocycles. The molecule has 0 aliphatic carbocycles. The van der Waals surface area contributed by atoms with E-state index in [9.17, 15) is 9.59 Å². The molecule has 0 spiro atoms. The van der Waals surface area contributed by atoms with Gasteiger partial charge in [-0.3, -0.25) is 9.59 Å². The van der Waals surface area contributed by atoms with E-state index >= 15 is 0 Å². The molecule has 0 radical (unpaired) electrons. The van der Waals surface area contributed by atoms with Gasteiger partial charge in [0.1, 0.15) is 0 Å². The average molecular weight is 271 g/mol. The largest absolute Gasteiger partial charge is 0.481 e. The molecule has 1 rings (SSSR count). The van der Waals surface area contributed by atoms with Crippen LogP contribution in [0, 0.1) is 11.3 Å². The molecular formula is C14H25NO4. The van der Waals surface area contributed by atoms with Crippen LogP contribution in [0.2, 0.25) is 0 Å². The Labute approximate surface area is 114 Å². The van der Waals surface area contributed by atoms with E-state index in [1.165, 1.54) is 0 Å². The lowest BCUT2D eigenvalue weighted by Gasteiger charge is -2.32. The standard InChI is InChI=1S/C14H25NO4/c1-10(12(16)17)8-15(13(18)14(2,3)4)9-11-6-5-7-19-11/h10-11H,5-9H2,1-4H3,(H,16,17). The fraction of sp³-hybridized carbons (Fsp3) is 0.857. The molecule has 1 fully saturated rings. The number of ether oxygens (including phenoxy) is 1. The number of aliphatic carboxylic acids is 1. The zero-order valence-corrected chi connectivity index (χ0v) is 12.3. The van der Waals surface area contributed by atoms with Crippen LogP contribution in [-0.2, 0) is 14.3 Å². The summed E-state index contributed by atoms with van der Waals surface area (Å²) >= 11 is 0. The maximum atomic E-state index is 12.4. The van der Waals surface area contributed by atoms with E-state index in [4.69, 9.17) is 9.84 Å². The topological polar surface area (TPSA) is 66.8 Å². The number of hydrogen-bond acceptors (Lipinski definition) is 3. The Morgan fingerprint density at radius 2 is 2.05 bits per heavy atom. The summed E-state index contributed by atoms with van der Waals surface area (Å²) in [5.41, 5.74) is -0.503. The predicted molar refractivity (Wildman–Crippen MR) is 71.8 cm³/mol. The van der Waals surface area contributed by atoms with Gasteiger partial charge >= 0.3 is 5.97 Å². The van der Waals surface area contributed by atoms with Crippen molar-refractivity contribution in [2.24, 2.45) is 11.3 Å². The minimum atomic E-state index is -0.876. The number of carboxylic acids is 1. The highest BCUT2D eigenvalue weighted by molar-refractivity contribution is 5.82. The van der Waals surface area contributed by atoms with Gasteiger partial charge < -0.3 is 14.7 Å². The highest BCUT2D eigenvalue weighted by atomic mass is 16.5. The first-order valence-electron chi connectivity index (χ1n) is 6.85. The molecule has 110 valence electrons. The molecule has 2 unspecified atom stereocenters. The summed E-state index contributed by atoms with van der Waals surface area (Å²) in [6.07, 6.45) is 2.00. The highest BCUT2D eigenvalue weighted by Gasteiger charge is 2.31. The van der Waals surface area contributed by atoms with Crippen molar-refractivity contribution in [3.8, 4) is 0 Å². The SMILES string of the molecule is CC(CN(CC1CCCO1)C(=O)C(C)(C)C)C(=O)O. The molecule has 0 aromatic carbocycles. The molecule has 5 nitrogen and oxygen atoms in total. The van der Waals surface area contributed by atoms with Gasteiger partial charge in [0.2, 0.25) is 5.91 Å². The quantitative estimate of drug-likeness (QED) is 0.827. The Morgan fingerprint density at radius 3 is 2.47 bits per heavy atom. The molecule has 1 N–H and O–H groups in total. The van der Waals surface area contributed by atoms with Gasteiger partial charge in [-0.1, -0.05) is 27.7 Å². The van der Waals surface area contributed by atoms with Crippen molar-refractivity contribution in [2.45, 2.75) is 46.6 Å². The molecule has 0 saturated carbocycles. The molecule has 2 atom stereocenters. The number of amides is 1.